The summed E-state index contributed by atoms with van der Waals surface area (Å²) >= 11 is 8.14. The molecule has 2 N–H and O–H groups in total. The predicted octanol–water partition coefficient (Wildman–Crippen LogP) is 3.01. The van der Waals surface area contributed by atoms with Crippen LogP contribution in [0.3, 0.4) is 0 Å². The van der Waals surface area contributed by atoms with Gasteiger partial charge in [-0.2, -0.15) is 0 Å². The maximum absolute atomic E-state index is 6.37. The Hall–Kier alpha value is -0.220. The van der Waals surface area contributed by atoms with E-state index in [4.69, 9.17) is 17.3 Å². The van der Waals surface area contributed by atoms with Crippen LogP contribution in [-0.4, -0.2) is 31.3 Å². The number of hydrogen-bond donors (Lipinski definition) is 1. The Balaban J connectivity index is 2.34. The second kappa shape index (κ2) is 5.61. The normalized spacial score (nSPS) is 25.4. The molecule has 0 radical (unpaired) electrons. The van der Waals surface area contributed by atoms with Gasteiger partial charge in [0.15, 0.2) is 0 Å². The molecule has 0 saturated carbocycles. The molecule has 0 bridgehead atoms. The third-order valence-electron chi connectivity index (χ3n) is 3.53. The molecule has 94 valence electrons. The number of thioether (sulfide) groups is 1. The van der Waals surface area contributed by atoms with Gasteiger partial charge in [0.25, 0.3) is 0 Å². The lowest BCUT2D eigenvalue weighted by Crippen LogP contribution is -2.21. The molecule has 2 atom stereocenters. The monoisotopic (exact) mass is 270 g/mol. The highest BCUT2D eigenvalue weighted by atomic mass is 35.5. The Bertz CT molecular complexity index is 397. The number of nitrogens with zero attached hydrogens (tertiary/aromatic N) is 1. The molecular weight excluding hydrogens is 252 g/mol. The largest absolute Gasteiger partial charge is 0.330 e. The van der Waals surface area contributed by atoms with Gasteiger partial charge < -0.3 is 5.73 Å². The van der Waals surface area contributed by atoms with E-state index in [2.05, 4.69) is 24.3 Å². The average Bonchev–Trinajstić information content (AvgIpc) is 2.70. The van der Waals surface area contributed by atoms with Crippen LogP contribution in [0.25, 0.3) is 0 Å². The van der Waals surface area contributed by atoms with E-state index >= 15 is 0 Å². The van der Waals surface area contributed by atoms with Crippen molar-refractivity contribution in [1.29, 1.82) is 0 Å². The molecule has 1 aliphatic heterocycles. The molecule has 1 heterocycles. The molecule has 2 rings (SSSR count). The zero-order chi connectivity index (χ0) is 12.4. The van der Waals surface area contributed by atoms with Gasteiger partial charge in [0, 0.05) is 28.1 Å². The first-order valence-electron chi connectivity index (χ1n) is 5.90. The summed E-state index contributed by atoms with van der Waals surface area (Å²) < 4.78 is 0. The van der Waals surface area contributed by atoms with Crippen molar-refractivity contribution in [2.75, 3.05) is 26.4 Å². The number of nitrogens with two attached hydrogens (primary N) is 1. The molecule has 0 aliphatic carbocycles. The fourth-order valence-electron chi connectivity index (χ4n) is 2.63. The number of hydrogen-bond acceptors (Lipinski definition) is 3. The van der Waals surface area contributed by atoms with Gasteiger partial charge in [-0.25, -0.2) is 0 Å². The molecule has 1 fully saturated rings. The number of rotatable bonds is 3. The van der Waals surface area contributed by atoms with Gasteiger partial charge in [-0.15, -0.1) is 11.8 Å². The standard InChI is InChI=1S/C13H19ClN2S/c1-16-8-9(7-15)6-11(16)13-10(14)4-3-5-12(13)17-2/h3-5,9,11H,6-8,15H2,1-2H3. The van der Waals surface area contributed by atoms with E-state index in [0.717, 1.165) is 24.5 Å². The molecule has 1 aromatic carbocycles. The van der Waals surface area contributed by atoms with Gasteiger partial charge in [-0.3, -0.25) is 4.90 Å². The van der Waals surface area contributed by atoms with E-state index in [1.807, 2.05) is 12.1 Å². The highest BCUT2D eigenvalue weighted by Gasteiger charge is 2.32. The Kier molecular flexibility index (Phi) is 4.36. The number of halogens is 1. The quantitative estimate of drug-likeness (QED) is 0.856. The molecule has 4 heteroatoms. The van der Waals surface area contributed by atoms with Gasteiger partial charge >= 0.3 is 0 Å². The third-order valence-corrected chi connectivity index (χ3v) is 4.66. The van der Waals surface area contributed by atoms with Crippen molar-refractivity contribution in [2.45, 2.75) is 17.4 Å². The van der Waals surface area contributed by atoms with Crippen LogP contribution in [0.4, 0.5) is 0 Å². The summed E-state index contributed by atoms with van der Waals surface area (Å²) in [6.45, 7) is 1.83. The van der Waals surface area contributed by atoms with E-state index in [-0.39, 0.29) is 0 Å². The molecule has 2 nitrogen and oxygen atoms in total. The highest BCUT2D eigenvalue weighted by Crippen LogP contribution is 2.41. The summed E-state index contributed by atoms with van der Waals surface area (Å²) in [6.07, 6.45) is 3.22. The maximum Gasteiger partial charge on any atom is 0.0465 e. The third kappa shape index (κ3) is 2.63. The van der Waals surface area contributed by atoms with Crippen molar-refractivity contribution in [3.8, 4) is 0 Å². The van der Waals surface area contributed by atoms with Crippen LogP contribution in [0.1, 0.15) is 18.0 Å². The molecule has 0 aromatic heterocycles. The zero-order valence-corrected chi connectivity index (χ0v) is 11.9. The minimum absolute atomic E-state index is 0.416. The molecule has 0 spiro atoms. The Morgan fingerprint density at radius 2 is 2.29 bits per heavy atom. The number of benzene rings is 1. The van der Waals surface area contributed by atoms with E-state index in [0.29, 0.717) is 12.0 Å². The average molecular weight is 271 g/mol. The van der Waals surface area contributed by atoms with Crippen molar-refractivity contribution in [3.05, 3.63) is 28.8 Å². The lowest BCUT2D eigenvalue weighted by molar-refractivity contribution is 0.311. The van der Waals surface area contributed by atoms with Crippen LogP contribution in [0, 0.1) is 5.92 Å². The minimum atomic E-state index is 0.416. The van der Waals surface area contributed by atoms with Gasteiger partial charge in [-0.05, 0) is 44.3 Å². The first kappa shape index (κ1) is 13.2. The van der Waals surface area contributed by atoms with Gasteiger partial charge in [0.05, 0.1) is 0 Å². The minimum Gasteiger partial charge on any atom is -0.330 e. The van der Waals surface area contributed by atoms with Crippen LogP contribution in [0.2, 0.25) is 5.02 Å². The SMILES string of the molecule is CSc1cccc(Cl)c1C1CC(CN)CN1C. The van der Waals surface area contributed by atoms with Crippen LogP contribution in [0.5, 0.6) is 0 Å². The first-order valence-corrected chi connectivity index (χ1v) is 7.50. The van der Waals surface area contributed by atoms with Crippen molar-refractivity contribution >= 4 is 23.4 Å². The van der Waals surface area contributed by atoms with E-state index in [9.17, 15) is 0 Å². The summed E-state index contributed by atoms with van der Waals surface area (Å²) in [6, 6.07) is 6.57. The first-order chi connectivity index (χ1) is 8.17. The topological polar surface area (TPSA) is 29.3 Å². The molecule has 0 amide bonds. The Morgan fingerprint density at radius 1 is 1.53 bits per heavy atom. The van der Waals surface area contributed by atoms with Crippen molar-refractivity contribution in [3.63, 3.8) is 0 Å². The lowest BCUT2D eigenvalue weighted by Gasteiger charge is -2.23. The van der Waals surface area contributed by atoms with E-state index in [1.54, 1.807) is 11.8 Å². The zero-order valence-electron chi connectivity index (χ0n) is 10.3. The highest BCUT2D eigenvalue weighted by molar-refractivity contribution is 7.98. The fourth-order valence-corrected chi connectivity index (χ4v) is 3.67. The van der Waals surface area contributed by atoms with Gasteiger partial charge in [0.1, 0.15) is 0 Å². The molecule has 17 heavy (non-hydrogen) atoms. The summed E-state index contributed by atoms with van der Waals surface area (Å²) in [7, 11) is 2.16. The van der Waals surface area contributed by atoms with Crippen LogP contribution in [-0.2, 0) is 0 Å². The van der Waals surface area contributed by atoms with Crippen molar-refractivity contribution in [2.24, 2.45) is 11.7 Å². The maximum atomic E-state index is 6.37. The van der Waals surface area contributed by atoms with E-state index < -0.39 is 0 Å². The van der Waals surface area contributed by atoms with Crippen LogP contribution >= 0.6 is 23.4 Å². The van der Waals surface area contributed by atoms with Crippen molar-refractivity contribution < 1.29 is 0 Å². The molecule has 1 saturated heterocycles. The lowest BCUT2D eigenvalue weighted by atomic mass is 10.00. The smallest absolute Gasteiger partial charge is 0.0465 e. The van der Waals surface area contributed by atoms with Crippen molar-refractivity contribution in [1.82, 2.24) is 4.90 Å². The molecule has 2 unspecified atom stereocenters. The van der Waals surface area contributed by atoms with E-state index in [1.165, 1.54) is 10.5 Å². The Labute approximate surface area is 113 Å². The molecule has 1 aliphatic rings. The van der Waals surface area contributed by atoms with Crippen LogP contribution in [0.15, 0.2) is 23.1 Å². The summed E-state index contributed by atoms with van der Waals surface area (Å²) in [5.74, 6) is 0.593. The van der Waals surface area contributed by atoms with Crippen LogP contribution < -0.4 is 5.73 Å². The van der Waals surface area contributed by atoms with Gasteiger partial charge in [-0.1, -0.05) is 17.7 Å². The number of likely N-dealkylation sites (tertiary alicyclic amines) is 1. The summed E-state index contributed by atoms with van der Waals surface area (Å²) in [5, 5.41) is 0.881. The molecular formula is C13H19ClN2S. The fraction of sp³-hybridized carbons (Fsp3) is 0.538. The summed E-state index contributed by atoms with van der Waals surface area (Å²) in [5.41, 5.74) is 7.06. The molecule has 1 aromatic rings. The predicted molar refractivity (Wildman–Crippen MR) is 75.8 cm³/mol. The Morgan fingerprint density at radius 3 is 2.88 bits per heavy atom. The summed E-state index contributed by atoms with van der Waals surface area (Å²) in [4.78, 5) is 3.66. The van der Waals surface area contributed by atoms with Gasteiger partial charge in [0.2, 0.25) is 0 Å². The second-order valence-electron chi connectivity index (χ2n) is 4.65. The second-order valence-corrected chi connectivity index (χ2v) is 5.90.